The van der Waals surface area contributed by atoms with Crippen LogP contribution in [-0.2, 0) is 11.3 Å². The molecule has 6 nitrogen and oxygen atoms in total. The van der Waals surface area contributed by atoms with Crippen molar-refractivity contribution in [3.8, 4) is 17.2 Å². The van der Waals surface area contributed by atoms with Crippen LogP contribution in [0.3, 0.4) is 0 Å². The molecule has 0 saturated heterocycles. The fraction of sp³-hybridized carbons (Fsp3) is 0.120. The number of rotatable bonds is 6. The predicted molar refractivity (Wildman–Crippen MR) is 121 cm³/mol. The van der Waals surface area contributed by atoms with Crippen LogP contribution in [0.25, 0.3) is 11.0 Å². The van der Waals surface area contributed by atoms with Gasteiger partial charge in [0.05, 0.1) is 23.1 Å². The quantitative estimate of drug-likeness (QED) is 0.320. The maximum atomic E-state index is 13.2. The molecule has 3 aromatic carbocycles. The van der Waals surface area contributed by atoms with Crippen molar-refractivity contribution in [1.82, 2.24) is 0 Å². The molecule has 0 aliphatic rings. The molecule has 33 heavy (non-hydrogen) atoms. The zero-order valence-corrected chi connectivity index (χ0v) is 18.4. The zero-order valence-electron chi connectivity index (χ0n) is 17.7. The van der Waals surface area contributed by atoms with E-state index in [9.17, 15) is 14.0 Å². The molecule has 4 aromatic rings. The summed E-state index contributed by atoms with van der Waals surface area (Å²) in [4.78, 5) is 24.6. The van der Waals surface area contributed by atoms with Crippen LogP contribution in [-0.4, -0.2) is 13.1 Å². The number of benzene rings is 3. The van der Waals surface area contributed by atoms with Crippen LogP contribution in [0.15, 0.2) is 69.9 Å². The van der Waals surface area contributed by atoms with Gasteiger partial charge < -0.3 is 18.6 Å². The highest BCUT2D eigenvalue weighted by Crippen LogP contribution is 2.28. The first kappa shape index (κ1) is 22.4. The Morgan fingerprint density at radius 2 is 1.76 bits per heavy atom. The van der Waals surface area contributed by atoms with Crippen molar-refractivity contribution in [3.63, 3.8) is 0 Å². The average molecular weight is 469 g/mol. The summed E-state index contributed by atoms with van der Waals surface area (Å²) >= 11 is 6.03. The Kier molecular flexibility index (Phi) is 6.33. The Morgan fingerprint density at radius 1 is 1.03 bits per heavy atom. The van der Waals surface area contributed by atoms with Crippen LogP contribution in [0.5, 0.6) is 17.2 Å². The van der Waals surface area contributed by atoms with Crippen LogP contribution in [0.2, 0.25) is 5.02 Å². The summed E-state index contributed by atoms with van der Waals surface area (Å²) in [5.74, 6) is 0.251. The molecule has 0 fully saturated rings. The maximum absolute atomic E-state index is 13.2. The number of methoxy groups -OCH3 is 1. The zero-order chi connectivity index (χ0) is 23.5. The van der Waals surface area contributed by atoms with E-state index in [4.69, 9.17) is 25.5 Å². The number of ether oxygens (including phenoxy) is 3. The van der Waals surface area contributed by atoms with Gasteiger partial charge in [0, 0.05) is 11.6 Å². The second kappa shape index (κ2) is 9.34. The molecular formula is C25H18ClFO6. The summed E-state index contributed by atoms with van der Waals surface area (Å²) < 4.78 is 35.1. The number of carbonyl (C=O) groups excluding carboxylic acids is 1. The molecule has 0 aliphatic carbocycles. The number of fused-ring (bicyclic) bond motifs is 1. The van der Waals surface area contributed by atoms with Gasteiger partial charge in [-0.3, -0.25) is 4.79 Å². The summed E-state index contributed by atoms with van der Waals surface area (Å²) in [6.45, 7) is 1.74. The molecule has 0 bridgehead atoms. The van der Waals surface area contributed by atoms with Gasteiger partial charge >= 0.3 is 5.97 Å². The summed E-state index contributed by atoms with van der Waals surface area (Å²) in [5, 5.41) is 0.577. The molecule has 0 N–H and O–H groups in total. The van der Waals surface area contributed by atoms with Crippen molar-refractivity contribution >= 4 is 28.5 Å². The lowest BCUT2D eigenvalue weighted by atomic mass is 10.2. The van der Waals surface area contributed by atoms with E-state index in [2.05, 4.69) is 4.74 Å². The Labute approximate surface area is 193 Å². The van der Waals surface area contributed by atoms with Crippen molar-refractivity contribution in [2.24, 2.45) is 0 Å². The summed E-state index contributed by atoms with van der Waals surface area (Å²) in [6.07, 6.45) is 0. The second-order valence-electron chi connectivity index (χ2n) is 7.12. The monoisotopic (exact) mass is 468 g/mol. The van der Waals surface area contributed by atoms with Crippen LogP contribution < -0.4 is 14.9 Å². The van der Waals surface area contributed by atoms with Gasteiger partial charge in [0.25, 0.3) is 0 Å². The number of halogens is 2. The standard InChI is InChI=1S/C25H18ClFO6/c1-14-24(33-18-7-4-15(5-8-18)25(29)30-2)23(28)20-10-9-19(12-22(20)32-14)31-13-16-3-6-17(27)11-21(16)26/h3-12H,13H2,1-2H3. The third-order valence-electron chi connectivity index (χ3n) is 4.89. The topological polar surface area (TPSA) is 75.0 Å². The van der Waals surface area contributed by atoms with Gasteiger partial charge in [0.15, 0.2) is 0 Å². The Morgan fingerprint density at radius 3 is 2.45 bits per heavy atom. The van der Waals surface area contributed by atoms with E-state index >= 15 is 0 Å². The first-order valence-electron chi connectivity index (χ1n) is 9.86. The summed E-state index contributed by atoms with van der Waals surface area (Å²) in [6, 6.07) is 15.1. The lowest BCUT2D eigenvalue weighted by Crippen LogP contribution is -2.08. The molecule has 0 amide bonds. The van der Waals surface area contributed by atoms with E-state index in [1.54, 1.807) is 43.3 Å². The highest BCUT2D eigenvalue weighted by molar-refractivity contribution is 6.31. The van der Waals surface area contributed by atoms with Crippen molar-refractivity contribution in [1.29, 1.82) is 0 Å². The molecule has 1 aromatic heterocycles. The highest BCUT2D eigenvalue weighted by atomic mass is 35.5. The molecule has 168 valence electrons. The highest BCUT2D eigenvalue weighted by Gasteiger charge is 2.15. The number of aryl methyl sites for hydroxylation is 1. The minimum Gasteiger partial charge on any atom is -0.489 e. The second-order valence-corrected chi connectivity index (χ2v) is 7.52. The van der Waals surface area contributed by atoms with Crippen molar-refractivity contribution in [2.75, 3.05) is 7.11 Å². The minimum atomic E-state index is -0.470. The molecule has 0 atom stereocenters. The van der Waals surface area contributed by atoms with E-state index in [1.165, 1.54) is 31.4 Å². The molecule has 1 heterocycles. The third-order valence-corrected chi connectivity index (χ3v) is 5.24. The molecule has 0 unspecified atom stereocenters. The summed E-state index contributed by atoms with van der Waals surface area (Å²) in [7, 11) is 1.30. The molecular weight excluding hydrogens is 451 g/mol. The first-order valence-corrected chi connectivity index (χ1v) is 10.2. The van der Waals surface area contributed by atoms with Crippen LogP contribution in [0, 0.1) is 12.7 Å². The van der Waals surface area contributed by atoms with Gasteiger partial charge in [-0.1, -0.05) is 17.7 Å². The molecule has 8 heteroatoms. The lowest BCUT2D eigenvalue weighted by Gasteiger charge is -2.11. The van der Waals surface area contributed by atoms with Gasteiger partial charge in [-0.25, -0.2) is 9.18 Å². The van der Waals surface area contributed by atoms with E-state index in [1.807, 2.05) is 0 Å². The average Bonchev–Trinajstić information content (AvgIpc) is 2.81. The van der Waals surface area contributed by atoms with E-state index < -0.39 is 11.8 Å². The van der Waals surface area contributed by atoms with Gasteiger partial charge in [-0.15, -0.1) is 0 Å². The first-order chi connectivity index (χ1) is 15.9. The van der Waals surface area contributed by atoms with Gasteiger partial charge in [-0.2, -0.15) is 0 Å². The molecule has 0 spiro atoms. The normalized spacial score (nSPS) is 10.8. The van der Waals surface area contributed by atoms with Gasteiger partial charge in [0.2, 0.25) is 11.2 Å². The molecule has 0 radical (unpaired) electrons. The van der Waals surface area contributed by atoms with Crippen LogP contribution in [0.4, 0.5) is 4.39 Å². The number of esters is 1. The van der Waals surface area contributed by atoms with Crippen LogP contribution >= 0.6 is 11.6 Å². The van der Waals surface area contributed by atoms with Crippen molar-refractivity contribution < 1.29 is 27.8 Å². The van der Waals surface area contributed by atoms with Gasteiger partial charge in [-0.05, 0) is 55.5 Å². The Bertz CT molecular complexity index is 1390. The summed E-state index contributed by atoms with van der Waals surface area (Å²) in [5.41, 5.74) is 0.965. The van der Waals surface area contributed by atoms with Crippen molar-refractivity contribution in [3.05, 3.63) is 98.6 Å². The van der Waals surface area contributed by atoms with E-state index in [0.29, 0.717) is 33.6 Å². The van der Waals surface area contributed by atoms with E-state index in [-0.39, 0.29) is 28.6 Å². The number of hydrogen-bond acceptors (Lipinski definition) is 6. The number of carbonyl (C=O) groups is 1. The van der Waals surface area contributed by atoms with Gasteiger partial charge in [0.1, 0.15) is 35.3 Å². The largest absolute Gasteiger partial charge is 0.489 e. The Hall–Kier alpha value is -3.84. The minimum absolute atomic E-state index is 0.0417. The Balaban J connectivity index is 1.57. The number of hydrogen-bond donors (Lipinski definition) is 0. The fourth-order valence-electron chi connectivity index (χ4n) is 3.17. The van der Waals surface area contributed by atoms with Crippen molar-refractivity contribution in [2.45, 2.75) is 13.5 Å². The molecule has 0 aliphatic heterocycles. The maximum Gasteiger partial charge on any atom is 0.337 e. The fourth-order valence-corrected chi connectivity index (χ4v) is 3.39. The van der Waals surface area contributed by atoms with Crippen LogP contribution in [0.1, 0.15) is 21.7 Å². The smallest absolute Gasteiger partial charge is 0.337 e. The van der Waals surface area contributed by atoms with E-state index in [0.717, 1.165) is 0 Å². The molecule has 4 rings (SSSR count). The SMILES string of the molecule is COC(=O)c1ccc(Oc2c(C)oc3cc(OCc4ccc(F)cc4Cl)ccc3c2=O)cc1. The lowest BCUT2D eigenvalue weighted by molar-refractivity contribution is 0.0600. The predicted octanol–water partition coefficient (Wildman–Crippen LogP) is 6.05. The molecule has 0 saturated carbocycles. The third kappa shape index (κ3) is 4.83.